The number of hydrogen-bond donors (Lipinski definition) is 2. The van der Waals surface area contributed by atoms with Crippen LogP contribution >= 0.6 is 24.0 Å². The monoisotopic (exact) mass is 507 g/mol. The normalized spacial score (nSPS) is 14.1. The lowest BCUT2D eigenvalue weighted by Gasteiger charge is -2.25. The van der Waals surface area contributed by atoms with Gasteiger partial charge in [0.05, 0.1) is 7.11 Å². The largest absolute Gasteiger partial charge is 0.497 e. The fraction of sp³-hybridized carbons (Fsp3) is 0.115. The van der Waals surface area contributed by atoms with Gasteiger partial charge in [-0.3, -0.25) is 10.1 Å². The van der Waals surface area contributed by atoms with Crippen LogP contribution in [0, 0.1) is 6.92 Å². The summed E-state index contributed by atoms with van der Waals surface area (Å²) in [6.07, 6.45) is 2.06. The highest BCUT2D eigenvalue weighted by atomic mass is 35.5. The Morgan fingerprint density at radius 3 is 2.46 bits per heavy atom. The Kier molecular flexibility index (Phi) is 7.10. The van der Waals surface area contributed by atoms with Gasteiger partial charge in [-0.1, -0.05) is 59.6 Å². The highest BCUT2D eigenvalue weighted by molar-refractivity contribution is 6.31. The summed E-state index contributed by atoms with van der Waals surface area (Å²) in [6.45, 7) is 2.05. The van der Waals surface area contributed by atoms with Crippen LogP contribution in [0.25, 0.3) is 5.70 Å². The molecule has 1 atom stereocenters. The standard InChI is InChI=1S/C26H22ClN5O2.ClH/c1-16-7-9-17(10-8-16)22-15-23(20-5-3-4-6-21(20)27)32-26(28-22)30-25(31-32)29-24(33)18-11-13-19(34-2)14-12-18;/h3-15,23H,1-2H3,(H2,28,29,30,31,33);1H. The Morgan fingerprint density at radius 2 is 1.77 bits per heavy atom. The van der Waals surface area contributed by atoms with E-state index in [0.717, 1.165) is 16.8 Å². The summed E-state index contributed by atoms with van der Waals surface area (Å²) in [5.41, 5.74) is 4.44. The third-order valence-corrected chi connectivity index (χ3v) is 5.97. The van der Waals surface area contributed by atoms with Gasteiger partial charge in [-0.2, -0.15) is 4.98 Å². The molecule has 0 bridgehead atoms. The molecule has 1 aliphatic heterocycles. The minimum absolute atomic E-state index is 0. The first-order chi connectivity index (χ1) is 16.5. The Balaban J connectivity index is 0.00000289. The highest BCUT2D eigenvalue weighted by Crippen LogP contribution is 2.36. The molecule has 0 fully saturated rings. The number of rotatable bonds is 5. The van der Waals surface area contributed by atoms with E-state index in [1.54, 1.807) is 36.1 Å². The molecule has 0 radical (unpaired) electrons. The zero-order valence-corrected chi connectivity index (χ0v) is 20.6. The van der Waals surface area contributed by atoms with Crippen molar-refractivity contribution in [3.63, 3.8) is 0 Å². The van der Waals surface area contributed by atoms with Gasteiger partial charge in [0.1, 0.15) is 11.8 Å². The molecule has 7 nitrogen and oxygen atoms in total. The third-order valence-electron chi connectivity index (χ3n) is 5.63. The van der Waals surface area contributed by atoms with Gasteiger partial charge in [0.25, 0.3) is 11.9 Å². The number of allylic oxidation sites excluding steroid dienone is 1. The van der Waals surface area contributed by atoms with Gasteiger partial charge < -0.3 is 10.1 Å². The van der Waals surface area contributed by atoms with Gasteiger partial charge in [-0.05, 0) is 54.5 Å². The number of aryl methyl sites for hydroxylation is 1. The molecule has 0 spiro atoms. The summed E-state index contributed by atoms with van der Waals surface area (Å²) in [5.74, 6) is 1.06. The predicted molar refractivity (Wildman–Crippen MR) is 141 cm³/mol. The van der Waals surface area contributed by atoms with E-state index < -0.39 is 0 Å². The average molecular weight is 508 g/mol. The highest BCUT2D eigenvalue weighted by Gasteiger charge is 2.27. The first-order valence-corrected chi connectivity index (χ1v) is 11.1. The van der Waals surface area contributed by atoms with Gasteiger partial charge >= 0.3 is 0 Å². The number of carbonyl (C=O) groups excluding carboxylic acids is 1. The molecule has 0 saturated heterocycles. The first kappa shape index (κ1) is 24.3. The van der Waals surface area contributed by atoms with Crippen LogP contribution in [0.15, 0.2) is 78.9 Å². The molecule has 3 aromatic carbocycles. The number of halogens is 2. The van der Waals surface area contributed by atoms with E-state index in [0.29, 0.717) is 22.3 Å². The van der Waals surface area contributed by atoms with Gasteiger partial charge in [-0.15, -0.1) is 17.5 Å². The summed E-state index contributed by atoms with van der Waals surface area (Å²) < 4.78 is 6.88. The number of anilines is 2. The maximum absolute atomic E-state index is 12.8. The lowest BCUT2D eigenvalue weighted by Crippen LogP contribution is -2.20. The van der Waals surface area contributed by atoms with Crippen LogP contribution in [0.2, 0.25) is 5.02 Å². The van der Waals surface area contributed by atoms with E-state index in [-0.39, 0.29) is 30.3 Å². The average Bonchev–Trinajstić information content (AvgIpc) is 3.26. The van der Waals surface area contributed by atoms with E-state index in [1.807, 2.05) is 31.2 Å². The predicted octanol–water partition coefficient (Wildman–Crippen LogP) is 5.98. The number of ether oxygens (including phenoxy) is 1. The molecule has 178 valence electrons. The fourth-order valence-corrected chi connectivity index (χ4v) is 4.05. The second kappa shape index (κ2) is 10.2. The quantitative estimate of drug-likeness (QED) is 0.347. The van der Waals surface area contributed by atoms with Crippen molar-refractivity contribution in [3.05, 3.63) is 106 Å². The molecule has 2 N–H and O–H groups in total. The van der Waals surface area contributed by atoms with Crippen LogP contribution in [-0.2, 0) is 0 Å². The summed E-state index contributed by atoms with van der Waals surface area (Å²) in [7, 11) is 1.58. The summed E-state index contributed by atoms with van der Waals surface area (Å²) in [4.78, 5) is 17.3. The van der Waals surface area contributed by atoms with E-state index in [9.17, 15) is 4.79 Å². The minimum atomic E-state index is -0.313. The second-order valence-electron chi connectivity index (χ2n) is 7.92. The molecule has 1 aliphatic rings. The molecule has 9 heteroatoms. The summed E-state index contributed by atoms with van der Waals surface area (Å²) in [6, 6.07) is 22.4. The molecule has 4 aromatic rings. The van der Waals surface area contributed by atoms with Gasteiger partial charge in [0, 0.05) is 16.3 Å². The molecule has 5 rings (SSSR count). The van der Waals surface area contributed by atoms with Crippen LogP contribution in [0.4, 0.5) is 11.9 Å². The molecule has 1 unspecified atom stereocenters. The molecule has 0 saturated carbocycles. The fourth-order valence-electron chi connectivity index (χ4n) is 3.80. The zero-order chi connectivity index (χ0) is 23.7. The number of hydrogen-bond acceptors (Lipinski definition) is 5. The minimum Gasteiger partial charge on any atom is -0.497 e. The maximum atomic E-state index is 12.8. The van der Waals surface area contributed by atoms with Crippen molar-refractivity contribution >= 4 is 47.5 Å². The van der Waals surface area contributed by atoms with Crippen molar-refractivity contribution in [1.29, 1.82) is 0 Å². The number of fused-ring (bicyclic) bond motifs is 1. The van der Waals surface area contributed by atoms with Crippen molar-refractivity contribution in [3.8, 4) is 5.75 Å². The number of benzene rings is 3. The lowest BCUT2D eigenvalue weighted by atomic mass is 10.0. The van der Waals surface area contributed by atoms with E-state index in [2.05, 4.69) is 51.1 Å². The van der Waals surface area contributed by atoms with Gasteiger partial charge in [-0.25, -0.2) is 4.68 Å². The number of carbonyl (C=O) groups is 1. The SMILES string of the molecule is COc1ccc(C(=O)Nc2nc3n(n2)C(c2ccccc2Cl)C=C(c2ccc(C)cc2)N3)cc1.Cl. The van der Waals surface area contributed by atoms with Crippen molar-refractivity contribution in [2.75, 3.05) is 17.7 Å². The Morgan fingerprint density at radius 1 is 1.06 bits per heavy atom. The van der Waals surface area contributed by atoms with Crippen molar-refractivity contribution < 1.29 is 9.53 Å². The zero-order valence-electron chi connectivity index (χ0n) is 19.0. The Hall–Kier alpha value is -3.81. The van der Waals surface area contributed by atoms with Crippen LogP contribution in [-0.4, -0.2) is 27.8 Å². The van der Waals surface area contributed by atoms with Crippen LogP contribution in [0.3, 0.4) is 0 Å². The van der Waals surface area contributed by atoms with Gasteiger partial charge in [0.2, 0.25) is 5.95 Å². The Bertz CT molecular complexity index is 1380. The molecular weight excluding hydrogens is 485 g/mol. The van der Waals surface area contributed by atoms with Crippen LogP contribution in [0.5, 0.6) is 5.75 Å². The number of methoxy groups -OCH3 is 1. The van der Waals surface area contributed by atoms with Crippen LogP contribution in [0.1, 0.15) is 33.1 Å². The smallest absolute Gasteiger partial charge is 0.258 e. The molecule has 2 heterocycles. The van der Waals surface area contributed by atoms with Crippen molar-refractivity contribution in [1.82, 2.24) is 14.8 Å². The molecule has 0 aliphatic carbocycles. The van der Waals surface area contributed by atoms with E-state index in [4.69, 9.17) is 16.3 Å². The molecule has 1 aromatic heterocycles. The number of aromatic nitrogens is 3. The summed E-state index contributed by atoms with van der Waals surface area (Å²) in [5, 5.41) is 11.3. The van der Waals surface area contributed by atoms with Crippen LogP contribution < -0.4 is 15.4 Å². The topological polar surface area (TPSA) is 81.1 Å². The maximum Gasteiger partial charge on any atom is 0.258 e. The number of nitrogens with zero attached hydrogens (tertiary/aromatic N) is 3. The van der Waals surface area contributed by atoms with E-state index >= 15 is 0 Å². The van der Waals surface area contributed by atoms with Crippen molar-refractivity contribution in [2.45, 2.75) is 13.0 Å². The van der Waals surface area contributed by atoms with Gasteiger partial charge in [0.15, 0.2) is 0 Å². The summed E-state index contributed by atoms with van der Waals surface area (Å²) >= 11 is 6.54. The second-order valence-corrected chi connectivity index (χ2v) is 8.33. The van der Waals surface area contributed by atoms with E-state index in [1.165, 1.54) is 5.56 Å². The lowest BCUT2D eigenvalue weighted by molar-refractivity contribution is 0.102. The third kappa shape index (κ3) is 5.01. The number of nitrogens with one attached hydrogen (secondary N) is 2. The first-order valence-electron chi connectivity index (χ1n) is 10.7. The molecular formula is C26H23Cl2N5O2. The number of amides is 1. The Labute approximate surface area is 214 Å². The van der Waals surface area contributed by atoms with Crippen molar-refractivity contribution in [2.24, 2.45) is 0 Å². The molecule has 35 heavy (non-hydrogen) atoms. The molecule has 1 amide bonds.